The Labute approximate surface area is 122 Å². The first-order valence-corrected chi connectivity index (χ1v) is 8.99. The van der Waals surface area contributed by atoms with Crippen molar-refractivity contribution in [1.82, 2.24) is 5.32 Å². The third-order valence-corrected chi connectivity index (χ3v) is 6.65. The molecule has 2 aromatic rings. The highest BCUT2D eigenvalue weighted by atomic mass is 32.1. The van der Waals surface area contributed by atoms with E-state index in [-0.39, 0.29) is 0 Å². The molecule has 0 spiro atoms. The lowest BCUT2D eigenvalue weighted by atomic mass is 9.94. The van der Waals surface area contributed by atoms with Gasteiger partial charge in [0, 0.05) is 15.8 Å². The van der Waals surface area contributed by atoms with Crippen LogP contribution in [0.1, 0.15) is 41.5 Å². The summed E-state index contributed by atoms with van der Waals surface area (Å²) >= 11 is 3.75. The average Bonchev–Trinajstić information content (AvgIpc) is 3.18. The van der Waals surface area contributed by atoms with Crippen molar-refractivity contribution in [1.29, 1.82) is 0 Å². The van der Waals surface area contributed by atoms with Gasteiger partial charge < -0.3 is 5.32 Å². The zero-order chi connectivity index (χ0) is 12.7. The topological polar surface area (TPSA) is 12.0 Å². The van der Waals surface area contributed by atoms with Crippen LogP contribution < -0.4 is 5.32 Å². The summed E-state index contributed by atoms with van der Waals surface area (Å²) in [5.41, 5.74) is 0. The zero-order valence-electron chi connectivity index (χ0n) is 10.9. The van der Waals surface area contributed by atoms with Crippen LogP contribution in [0.15, 0.2) is 35.0 Å². The molecule has 0 aliphatic heterocycles. The molecule has 0 radical (unpaired) electrons. The average molecular weight is 289 g/mol. The van der Waals surface area contributed by atoms with Gasteiger partial charge in [-0.15, -0.1) is 22.7 Å². The Kier molecular flexibility index (Phi) is 3.22. The van der Waals surface area contributed by atoms with Gasteiger partial charge in [-0.25, -0.2) is 0 Å². The molecule has 2 aliphatic carbocycles. The highest BCUT2D eigenvalue weighted by molar-refractivity contribution is 7.11. The second-order valence-corrected chi connectivity index (χ2v) is 7.87. The molecule has 1 nitrogen and oxygen atoms in total. The molecule has 100 valence electrons. The van der Waals surface area contributed by atoms with E-state index in [9.17, 15) is 0 Å². The molecule has 2 fully saturated rings. The van der Waals surface area contributed by atoms with Crippen molar-refractivity contribution < 1.29 is 0 Å². The zero-order valence-corrected chi connectivity index (χ0v) is 12.6. The summed E-state index contributed by atoms with van der Waals surface area (Å²) in [5, 5.41) is 8.36. The molecule has 2 aromatic heterocycles. The van der Waals surface area contributed by atoms with Crippen LogP contribution in [0.5, 0.6) is 0 Å². The van der Waals surface area contributed by atoms with E-state index in [1.165, 1.54) is 35.4 Å². The van der Waals surface area contributed by atoms with Crippen LogP contribution >= 0.6 is 22.7 Å². The smallest absolute Gasteiger partial charge is 0.0767 e. The highest BCUT2D eigenvalue weighted by Crippen LogP contribution is 2.45. The Balaban J connectivity index is 1.57. The summed E-state index contributed by atoms with van der Waals surface area (Å²) in [5.74, 6) is 1.95. The molecule has 0 aromatic carbocycles. The lowest BCUT2D eigenvalue weighted by Gasteiger charge is -2.28. The fraction of sp³-hybridized carbons (Fsp3) is 0.500. The first kappa shape index (κ1) is 12.1. The lowest BCUT2D eigenvalue weighted by Crippen LogP contribution is -2.36. The maximum Gasteiger partial charge on any atom is 0.0767 e. The molecule has 2 heterocycles. The molecule has 0 saturated heterocycles. The number of rotatable bonds is 4. The molecule has 2 bridgehead atoms. The molecule has 2 saturated carbocycles. The van der Waals surface area contributed by atoms with Crippen LogP contribution in [0.25, 0.3) is 0 Å². The van der Waals surface area contributed by atoms with Gasteiger partial charge in [0.25, 0.3) is 0 Å². The molecule has 3 unspecified atom stereocenters. The predicted octanol–water partition coefficient (Wildman–Crippen LogP) is 4.68. The van der Waals surface area contributed by atoms with Crippen molar-refractivity contribution in [2.45, 2.75) is 37.8 Å². The van der Waals surface area contributed by atoms with Gasteiger partial charge in [0.15, 0.2) is 0 Å². The second-order valence-electron chi connectivity index (χ2n) is 5.91. The highest BCUT2D eigenvalue weighted by Gasteiger charge is 2.40. The summed E-state index contributed by atoms with van der Waals surface area (Å²) in [6, 6.07) is 10.0. The van der Waals surface area contributed by atoms with Gasteiger partial charge in [0.1, 0.15) is 0 Å². The van der Waals surface area contributed by atoms with Crippen molar-refractivity contribution in [2.24, 2.45) is 11.8 Å². The van der Waals surface area contributed by atoms with Crippen molar-refractivity contribution in [3.05, 3.63) is 44.8 Å². The maximum atomic E-state index is 3.97. The van der Waals surface area contributed by atoms with Gasteiger partial charge in [-0.3, -0.25) is 0 Å². The van der Waals surface area contributed by atoms with Gasteiger partial charge >= 0.3 is 0 Å². The molecule has 19 heavy (non-hydrogen) atoms. The predicted molar refractivity (Wildman–Crippen MR) is 82.9 cm³/mol. The molecule has 2 aliphatic rings. The van der Waals surface area contributed by atoms with Crippen LogP contribution in [0, 0.1) is 11.8 Å². The van der Waals surface area contributed by atoms with Gasteiger partial charge in [0.05, 0.1) is 6.04 Å². The number of thiophene rings is 2. The van der Waals surface area contributed by atoms with Crippen molar-refractivity contribution in [3.63, 3.8) is 0 Å². The second kappa shape index (κ2) is 5.04. The first-order valence-electron chi connectivity index (χ1n) is 7.23. The standard InChI is InChI=1S/C16H19NS2/c1-3-14(18-7-1)16(15-4-2-8-19-15)17-13-10-11-5-6-12(13)9-11/h1-4,7-8,11-13,16-17H,5-6,9-10H2. The van der Waals surface area contributed by atoms with Crippen molar-refractivity contribution >= 4 is 22.7 Å². The molecule has 1 N–H and O–H groups in total. The molecule has 0 amide bonds. The van der Waals surface area contributed by atoms with Crippen molar-refractivity contribution in [3.8, 4) is 0 Å². The van der Waals surface area contributed by atoms with Crippen LogP contribution in [-0.4, -0.2) is 6.04 Å². The molecule has 4 rings (SSSR count). The summed E-state index contributed by atoms with van der Waals surface area (Å²) in [6.07, 6.45) is 5.80. The third-order valence-electron chi connectivity index (χ3n) is 4.77. The normalized spacial score (nSPS) is 29.4. The number of hydrogen-bond donors (Lipinski definition) is 1. The molecular weight excluding hydrogens is 270 g/mol. The van der Waals surface area contributed by atoms with Crippen LogP contribution in [0.3, 0.4) is 0 Å². The summed E-state index contributed by atoms with van der Waals surface area (Å²) in [6.45, 7) is 0. The summed E-state index contributed by atoms with van der Waals surface area (Å²) in [4.78, 5) is 2.93. The number of hydrogen-bond acceptors (Lipinski definition) is 3. The van der Waals surface area contributed by atoms with E-state index in [2.05, 4.69) is 40.3 Å². The van der Waals surface area contributed by atoms with Crippen LogP contribution in [0.4, 0.5) is 0 Å². The summed E-state index contributed by atoms with van der Waals surface area (Å²) < 4.78 is 0. The number of fused-ring (bicyclic) bond motifs is 2. The Morgan fingerprint density at radius 2 is 1.74 bits per heavy atom. The van der Waals surface area contributed by atoms with E-state index in [1.807, 2.05) is 22.7 Å². The van der Waals surface area contributed by atoms with Crippen LogP contribution in [0.2, 0.25) is 0 Å². The Bertz CT molecular complexity index is 483. The van der Waals surface area contributed by atoms with E-state index in [1.54, 1.807) is 0 Å². The SMILES string of the molecule is c1csc(C(NC2CC3CCC2C3)c2cccs2)c1. The Morgan fingerprint density at radius 1 is 1.00 bits per heavy atom. The van der Waals surface area contributed by atoms with Crippen molar-refractivity contribution in [2.75, 3.05) is 0 Å². The van der Waals surface area contributed by atoms with E-state index in [4.69, 9.17) is 0 Å². The lowest BCUT2D eigenvalue weighted by molar-refractivity contribution is 0.336. The minimum atomic E-state index is 0.421. The molecule has 3 atom stereocenters. The van der Waals surface area contributed by atoms with Gasteiger partial charge in [-0.2, -0.15) is 0 Å². The Morgan fingerprint density at radius 3 is 2.21 bits per heavy atom. The molecule has 3 heteroatoms. The fourth-order valence-electron chi connectivity index (χ4n) is 3.88. The maximum absolute atomic E-state index is 3.97. The monoisotopic (exact) mass is 289 g/mol. The largest absolute Gasteiger partial charge is 0.302 e. The van der Waals surface area contributed by atoms with E-state index >= 15 is 0 Å². The number of nitrogens with one attached hydrogen (secondary N) is 1. The third kappa shape index (κ3) is 2.28. The minimum absolute atomic E-state index is 0.421. The fourth-order valence-corrected chi connectivity index (χ4v) is 5.56. The first-order chi connectivity index (χ1) is 9.40. The minimum Gasteiger partial charge on any atom is -0.302 e. The van der Waals surface area contributed by atoms with E-state index in [0.717, 1.165) is 17.9 Å². The van der Waals surface area contributed by atoms with Crippen LogP contribution in [-0.2, 0) is 0 Å². The molecular formula is C16H19NS2. The Hall–Kier alpha value is -0.640. The van der Waals surface area contributed by atoms with E-state index in [0.29, 0.717) is 6.04 Å². The van der Waals surface area contributed by atoms with Gasteiger partial charge in [0.2, 0.25) is 0 Å². The van der Waals surface area contributed by atoms with Gasteiger partial charge in [-0.05, 0) is 54.0 Å². The quantitative estimate of drug-likeness (QED) is 0.862. The van der Waals surface area contributed by atoms with E-state index < -0.39 is 0 Å². The van der Waals surface area contributed by atoms with Gasteiger partial charge in [-0.1, -0.05) is 18.6 Å². The summed E-state index contributed by atoms with van der Waals surface area (Å²) in [7, 11) is 0.